The summed E-state index contributed by atoms with van der Waals surface area (Å²) in [6, 6.07) is 9.96. The van der Waals surface area contributed by atoms with Crippen LogP contribution >= 0.6 is 0 Å². The van der Waals surface area contributed by atoms with Crippen molar-refractivity contribution in [2.45, 2.75) is 13.0 Å². The zero-order valence-corrected chi connectivity index (χ0v) is 16.3. The first kappa shape index (κ1) is 19.1. The second-order valence-electron chi connectivity index (χ2n) is 6.63. The largest absolute Gasteiger partial charge is 0.489 e. The number of benzene rings is 1. The number of anilines is 1. The van der Waals surface area contributed by atoms with Crippen molar-refractivity contribution in [2.24, 2.45) is 0 Å². The van der Waals surface area contributed by atoms with E-state index in [0.717, 1.165) is 0 Å². The molecule has 0 aliphatic carbocycles. The van der Waals surface area contributed by atoms with Gasteiger partial charge in [0.15, 0.2) is 0 Å². The molecule has 2 aromatic heterocycles. The standard InChI is InChI=1S/C21H18N6O3/c1-13-23-19(26-25-13)20(28)24-16-12-30-18-9-7-14(11-17(18)27(2)21(16)29)6-8-15-5-3-4-10-22-15/h3-5,7,9-11,16H,12H2,1-2H3,(H,24,28)(H,23,25,26)/t16-/m0/s1. The zero-order chi connectivity index (χ0) is 21.1. The molecule has 1 atom stereocenters. The van der Waals surface area contributed by atoms with Crippen LogP contribution in [-0.2, 0) is 4.79 Å². The molecule has 2 amide bonds. The number of hydrogen-bond acceptors (Lipinski definition) is 6. The maximum Gasteiger partial charge on any atom is 0.291 e. The van der Waals surface area contributed by atoms with Crippen LogP contribution in [0.1, 0.15) is 27.7 Å². The van der Waals surface area contributed by atoms with Crippen molar-refractivity contribution in [1.29, 1.82) is 0 Å². The predicted octanol–water partition coefficient (Wildman–Crippen LogP) is 1.06. The van der Waals surface area contributed by atoms with E-state index in [-0.39, 0.29) is 18.3 Å². The molecule has 0 saturated carbocycles. The third-order valence-electron chi connectivity index (χ3n) is 4.46. The van der Waals surface area contributed by atoms with Crippen LogP contribution in [0, 0.1) is 18.8 Å². The van der Waals surface area contributed by atoms with Gasteiger partial charge >= 0.3 is 0 Å². The Labute approximate surface area is 172 Å². The lowest BCUT2D eigenvalue weighted by Crippen LogP contribution is -2.49. The van der Waals surface area contributed by atoms with E-state index < -0.39 is 11.9 Å². The number of pyridine rings is 1. The second-order valence-corrected chi connectivity index (χ2v) is 6.63. The number of rotatable bonds is 2. The Hall–Kier alpha value is -4.19. The number of ether oxygens (including phenoxy) is 1. The molecule has 30 heavy (non-hydrogen) atoms. The molecule has 3 aromatic rings. The minimum atomic E-state index is -0.878. The molecule has 150 valence electrons. The van der Waals surface area contributed by atoms with Crippen molar-refractivity contribution in [2.75, 3.05) is 18.6 Å². The minimum absolute atomic E-state index is 0.00964. The first-order chi connectivity index (χ1) is 14.5. The van der Waals surface area contributed by atoms with Crippen molar-refractivity contribution in [1.82, 2.24) is 25.5 Å². The predicted molar refractivity (Wildman–Crippen MR) is 108 cm³/mol. The van der Waals surface area contributed by atoms with Crippen molar-refractivity contribution in [3.8, 4) is 17.6 Å². The van der Waals surface area contributed by atoms with Crippen molar-refractivity contribution < 1.29 is 14.3 Å². The number of amides is 2. The summed E-state index contributed by atoms with van der Waals surface area (Å²) in [5, 5.41) is 9.04. The summed E-state index contributed by atoms with van der Waals surface area (Å²) in [4.78, 5) is 34.8. The first-order valence-electron chi connectivity index (χ1n) is 9.18. The molecule has 4 rings (SSSR count). The van der Waals surface area contributed by atoms with E-state index in [0.29, 0.717) is 28.5 Å². The lowest BCUT2D eigenvalue weighted by atomic mass is 10.1. The smallest absolute Gasteiger partial charge is 0.291 e. The van der Waals surface area contributed by atoms with Crippen molar-refractivity contribution >= 4 is 17.5 Å². The van der Waals surface area contributed by atoms with Gasteiger partial charge in [-0.1, -0.05) is 12.0 Å². The van der Waals surface area contributed by atoms with Gasteiger partial charge in [0.2, 0.25) is 5.82 Å². The molecule has 0 radical (unpaired) electrons. The van der Waals surface area contributed by atoms with E-state index in [2.05, 4.69) is 37.3 Å². The molecule has 0 spiro atoms. The van der Waals surface area contributed by atoms with Gasteiger partial charge in [0.1, 0.15) is 29.9 Å². The van der Waals surface area contributed by atoms with Crippen LogP contribution in [0.5, 0.6) is 5.75 Å². The highest BCUT2D eigenvalue weighted by Crippen LogP contribution is 2.31. The Morgan fingerprint density at radius 1 is 1.30 bits per heavy atom. The molecule has 3 heterocycles. The van der Waals surface area contributed by atoms with Crippen LogP contribution < -0.4 is 15.0 Å². The number of fused-ring (bicyclic) bond motifs is 1. The van der Waals surface area contributed by atoms with Crippen LogP contribution in [-0.4, -0.2) is 51.7 Å². The van der Waals surface area contributed by atoms with E-state index in [4.69, 9.17) is 4.74 Å². The van der Waals surface area contributed by atoms with Gasteiger partial charge in [0.25, 0.3) is 11.8 Å². The molecule has 1 aromatic carbocycles. The van der Waals surface area contributed by atoms with Crippen LogP contribution in [0.2, 0.25) is 0 Å². The summed E-state index contributed by atoms with van der Waals surface area (Å²) in [6.07, 6.45) is 1.68. The Kier molecular flexibility index (Phi) is 5.13. The third-order valence-corrected chi connectivity index (χ3v) is 4.46. The highest BCUT2D eigenvalue weighted by Gasteiger charge is 2.31. The molecule has 1 aliphatic heterocycles. The number of aromatic nitrogens is 4. The molecular formula is C21H18N6O3. The van der Waals surface area contributed by atoms with Gasteiger partial charge in [-0.15, -0.1) is 5.10 Å². The monoisotopic (exact) mass is 402 g/mol. The minimum Gasteiger partial charge on any atom is -0.489 e. The van der Waals surface area contributed by atoms with Crippen LogP contribution in [0.3, 0.4) is 0 Å². The second kappa shape index (κ2) is 8.05. The van der Waals surface area contributed by atoms with Crippen LogP contribution in [0.25, 0.3) is 0 Å². The van der Waals surface area contributed by atoms with Gasteiger partial charge in [-0.05, 0) is 43.2 Å². The number of hydrogen-bond donors (Lipinski definition) is 2. The van der Waals surface area contributed by atoms with Crippen LogP contribution in [0.15, 0.2) is 42.6 Å². The topological polar surface area (TPSA) is 113 Å². The summed E-state index contributed by atoms with van der Waals surface area (Å²) in [5.74, 6) is 6.16. The lowest BCUT2D eigenvalue weighted by Gasteiger charge is -2.20. The summed E-state index contributed by atoms with van der Waals surface area (Å²) >= 11 is 0. The number of carbonyl (C=O) groups is 2. The summed E-state index contributed by atoms with van der Waals surface area (Å²) in [6.45, 7) is 1.67. The van der Waals surface area contributed by atoms with E-state index in [9.17, 15) is 9.59 Å². The average Bonchev–Trinajstić information content (AvgIpc) is 3.17. The van der Waals surface area contributed by atoms with Gasteiger partial charge in [-0.3, -0.25) is 14.7 Å². The summed E-state index contributed by atoms with van der Waals surface area (Å²) in [7, 11) is 1.63. The molecular weight excluding hydrogens is 384 g/mol. The molecule has 9 heteroatoms. The van der Waals surface area contributed by atoms with Crippen molar-refractivity contribution in [3.63, 3.8) is 0 Å². The highest BCUT2D eigenvalue weighted by molar-refractivity contribution is 6.02. The maximum absolute atomic E-state index is 12.9. The number of likely N-dealkylation sites (N-methyl/N-ethyl adjacent to an activating group) is 1. The fourth-order valence-corrected chi connectivity index (χ4v) is 2.92. The molecule has 0 saturated heterocycles. The number of carbonyl (C=O) groups excluding carboxylic acids is 2. The Bertz CT molecular complexity index is 1160. The van der Waals surface area contributed by atoms with E-state index in [1.54, 1.807) is 32.3 Å². The van der Waals surface area contributed by atoms with Gasteiger partial charge in [-0.2, -0.15) is 0 Å². The van der Waals surface area contributed by atoms with Gasteiger partial charge in [0.05, 0.1) is 5.69 Å². The molecule has 9 nitrogen and oxygen atoms in total. The van der Waals surface area contributed by atoms with E-state index in [1.165, 1.54) is 4.90 Å². The molecule has 0 fully saturated rings. The number of aromatic amines is 1. The Morgan fingerprint density at radius 3 is 2.90 bits per heavy atom. The fraction of sp³-hybridized carbons (Fsp3) is 0.190. The van der Waals surface area contributed by atoms with E-state index >= 15 is 0 Å². The molecule has 0 bridgehead atoms. The molecule has 2 N–H and O–H groups in total. The van der Waals surface area contributed by atoms with Crippen molar-refractivity contribution in [3.05, 3.63) is 65.5 Å². The van der Waals surface area contributed by atoms with Gasteiger partial charge in [0, 0.05) is 18.8 Å². The molecule has 0 unspecified atom stereocenters. The third kappa shape index (κ3) is 3.98. The quantitative estimate of drug-likeness (QED) is 0.620. The summed E-state index contributed by atoms with van der Waals surface area (Å²) < 4.78 is 5.78. The molecule has 1 aliphatic rings. The summed E-state index contributed by atoms with van der Waals surface area (Å²) in [5.41, 5.74) is 1.93. The number of H-pyrrole nitrogens is 1. The first-order valence-corrected chi connectivity index (χ1v) is 9.18. The number of aryl methyl sites for hydroxylation is 1. The lowest BCUT2D eigenvalue weighted by molar-refractivity contribution is -0.120. The Balaban J connectivity index is 1.54. The van der Waals surface area contributed by atoms with Crippen LogP contribution in [0.4, 0.5) is 5.69 Å². The van der Waals surface area contributed by atoms with Gasteiger partial charge in [-0.25, -0.2) is 9.97 Å². The average molecular weight is 402 g/mol. The normalized spacial score (nSPS) is 15.3. The fourth-order valence-electron chi connectivity index (χ4n) is 2.92. The highest BCUT2D eigenvalue weighted by atomic mass is 16.5. The van der Waals surface area contributed by atoms with Gasteiger partial charge < -0.3 is 15.0 Å². The van der Waals surface area contributed by atoms with E-state index in [1.807, 2.05) is 24.3 Å². The maximum atomic E-state index is 12.9. The number of nitrogens with zero attached hydrogens (tertiary/aromatic N) is 4. The zero-order valence-electron chi connectivity index (χ0n) is 16.3. The SMILES string of the molecule is Cc1nc(C(=O)N[C@H]2COc3ccc(C#Cc4ccccn4)cc3N(C)C2=O)n[nH]1. The Morgan fingerprint density at radius 2 is 2.17 bits per heavy atom. The number of nitrogens with one attached hydrogen (secondary N) is 2.